The number of Topliss-reactive ketones (excluding diaryl/α,β-unsaturated/α-hetero) is 1. The molecule has 6 atom stereocenters. The van der Waals surface area contributed by atoms with Gasteiger partial charge in [0.15, 0.2) is 0 Å². The van der Waals surface area contributed by atoms with Gasteiger partial charge >= 0.3 is 12.1 Å². The number of urea groups is 2. The Labute approximate surface area is 266 Å². The van der Waals surface area contributed by atoms with Crippen molar-refractivity contribution in [3.8, 4) is 0 Å². The van der Waals surface area contributed by atoms with Gasteiger partial charge in [0.25, 0.3) is 5.91 Å². The first kappa shape index (κ1) is 34.5. The highest BCUT2D eigenvalue weighted by molar-refractivity contribution is 6.37. The van der Waals surface area contributed by atoms with Crippen molar-refractivity contribution < 1.29 is 28.8 Å². The lowest BCUT2D eigenvalue weighted by Crippen LogP contribution is -2.62. The molecular weight excluding hydrogens is 578 g/mol. The Balaban J connectivity index is 1.49. The molecule has 0 aromatic heterocycles. The smallest absolute Gasteiger partial charge is 0.319 e. The maximum absolute atomic E-state index is 14.3. The topological polar surface area (TPSA) is 174 Å². The SMILES string of the molecule is CC(C)[C@@H](CN1CCCN(C)C1=O)NC(=O)N[C@H](C(=O)N1C[C@H]2[C@@H]([C@H]1C(=O)NC(CC1CC1)C(=O)C(N)=O)C2(C)C)C(C)(C)C. The molecule has 0 bridgehead atoms. The van der Waals surface area contributed by atoms with Crippen LogP contribution < -0.4 is 21.7 Å². The monoisotopic (exact) mass is 631 g/mol. The molecule has 0 spiro atoms. The molecule has 252 valence electrons. The van der Waals surface area contributed by atoms with Gasteiger partial charge in [0.2, 0.25) is 17.6 Å². The molecule has 0 aromatic rings. The quantitative estimate of drug-likeness (QED) is 0.236. The van der Waals surface area contributed by atoms with Gasteiger partial charge in [-0.1, -0.05) is 61.3 Å². The van der Waals surface area contributed by atoms with Gasteiger partial charge in [0.1, 0.15) is 12.1 Å². The number of piperidine rings is 1. The lowest BCUT2D eigenvalue weighted by Gasteiger charge is -2.39. The number of hydrogen-bond donors (Lipinski definition) is 4. The van der Waals surface area contributed by atoms with Crippen molar-refractivity contribution in [1.29, 1.82) is 0 Å². The van der Waals surface area contributed by atoms with Gasteiger partial charge in [-0.2, -0.15) is 0 Å². The van der Waals surface area contributed by atoms with E-state index in [1.165, 1.54) is 4.90 Å². The summed E-state index contributed by atoms with van der Waals surface area (Å²) in [7, 11) is 1.76. The number of hydrogen-bond acceptors (Lipinski definition) is 6. The molecule has 2 heterocycles. The molecule has 2 aliphatic heterocycles. The molecule has 5 N–H and O–H groups in total. The normalized spacial score (nSPS) is 26.1. The third-order valence-corrected chi connectivity index (χ3v) is 10.3. The lowest BCUT2D eigenvalue weighted by atomic mass is 9.85. The summed E-state index contributed by atoms with van der Waals surface area (Å²) in [5.41, 5.74) is 4.42. The van der Waals surface area contributed by atoms with E-state index in [1.807, 2.05) is 34.6 Å². The predicted octanol–water partition coefficient (Wildman–Crippen LogP) is 1.30. The van der Waals surface area contributed by atoms with E-state index in [9.17, 15) is 28.8 Å². The van der Waals surface area contributed by atoms with Crippen molar-refractivity contribution in [2.75, 3.05) is 33.2 Å². The van der Waals surface area contributed by atoms with Gasteiger partial charge in [0, 0.05) is 33.2 Å². The number of likely N-dealkylation sites (tertiary alicyclic amines) is 1. The highest BCUT2D eigenvalue weighted by atomic mass is 16.2. The molecule has 13 heteroatoms. The molecule has 45 heavy (non-hydrogen) atoms. The lowest BCUT2D eigenvalue weighted by molar-refractivity contribution is -0.145. The number of amides is 7. The van der Waals surface area contributed by atoms with Crippen LogP contribution in [0.15, 0.2) is 0 Å². The zero-order valence-corrected chi connectivity index (χ0v) is 28.1. The highest BCUT2D eigenvalue weighted by Crippen LogP contribution is 2.65. The fraction of sp³-hybridized carbons (Fsp3) is 0.812. The fourth-order valence-corrected chi connectivity index (χ4v) is 7.08. The molecule has 1 unspecified atom stereocenters. The Kier molecular flexibility index (Phi) is 9.80. The minimum Gasteiger partial charge on any atom is -0.363 e. The summed E-state index contributed by atoms with van der Waals surface area (Å²) >= 11 is 0. The summed E-state index contributed by atoms with van der Waals surface area (Å²) in [5, 5.41) is 8.66. The summed E-state index contributed by atoms with van der Waals surface area (Å²) in [6.45, 7) is 15.6. The Morgan fingerprint density at radius 2 is 1.67 bits per heavy atom. The van der Waals surface area contributed by atoms with Crippen molar-refractivity contribution in [3.63, 3.8) is 0 Å². The van der Waals surface area contributed by atoms with Crippen LogP contribution in [0.5, 0.6) is 0 Å². The number of nitrogens with one attached hydrogen (secondary N) is 3. The van der Waals surface area contributed by atoms with Gasteiger partial charge in [0.05, 0.1) is 12.1 Å². The predicted molar refractivity (Wildman–Crippen MR) is 167 cm³/mol. The molecule has 4 aliphatic rings. The summed E-state index contributed by atoms with van der Waals surface area (Å²) in [4.78, 5) is 83.5. The molecule has 2 saturated carbocycles. The maximum atomic E-state index is 14.3. The number of rotatable bonds is 12. The minimum absolute atomic E-state index is 0.0206. The van der Waals surface area contributed by atoms with E-state index in [0.29, 0.717) is 32.6 Å². The van der Waals surface area contributed by atoms with E-state index in [4.69, 9.17) is 5.73 Å². The Morgan fingerprint density at radius 1 is 1.02 bits per heavy atom. The first-order valence-electron chi connectivity index (χ1n) is 16.4. The first-order valence-corrected chi connectivity index (χ1v) is 16.4. The molecule has 0 aromatic carbocycles. The van der Waals surface area contributed by atoms with E-state index >= 15 is 0 Å². The molecule has 7 amide bonds. The largest absolute Gasteiger partial charge is 0.363 e. The van der Waals surface area contributed by atoms with E-state index in [1.54, 1.807) is 16.8 Å². The van der Waals surface area contributed by atoms with Crippen LogP contribution in [0.2, 0.25) is 0 Å². The number of carbonyl (C=O) groups is 6. The molecule has 2 saturated heterocycles. The number of ketones is 1. The Bertz CT molecular complexity index is 1210. The maximum Gasteiger partial charge on any atom is 0.319 e. The fourth-order valence-electron chi connectivity index (χ4n) is 7.08. The van der Waals surface area contributed by atoms with E-state index < -0.39 is 47.2 Å². The third-order valence-electron chi connectivity index (χ3n) is 10.3. The second-order valence-corrected chi connectivity index (χ2v) is 15.6. The van der Waals surface area contributed by atoms with Crippen LogP contribution in [0.25, 0.3) is 0 Å². The Morgan fingerprint density at radius 3 is 2.22 bits per heavy atom. The van der Waals surface area contributed by atoms with Crippen LogP contribution in [0.1, 0.15) is 74.1 Å². The van der Waals surface area contributed by atoms with Gasteiger partial charge < -0.3 is 36.4 Å². The van der Waals surface area contributed by atoms with Gasteiger partial charge in [-0.05, 0) is 47.3 Å². The average Bonchev–Trinajstić information content (AvgIpc) is 3.79. The van der Waals surface area contributed by atoms with Crippen molar-refractivity contribution in [2.24, 2.45) is 40.2 Å². The van der Waals surface area contributed by atoms with Crippen LogP contribution in [0.4, 0.5) is 9.59 Å². The van der Waals surface area contributed by atoms with Crippen molar-refractivity contribution >= 4 is 35.6 Å². The molecule has 4 rings (SSSR count). The zero-order valence-electron chi connectivity index (χ0n) is 28.1. The van der Waals surface area contributed by atoms with Gasteiger partial charge in [-0.25, -0.2) is 9.59 Å². The van der Waals surface area contributed by atoms with Crippen LogP contribution in [0, 0.1) is 34.5 Å². The number of nitrogens with two attached hydrogens (primary N) is 1. The summed E-state index contributed by atoms with van der Waals surface area (Å²) in [5.74, 6) is -2.54. The van der Waals surface area contributed by atoms with Crippen LogP contribution >= 0.6 is 0 Å². The highest BCUT2D eigenvalue weighted by Gasteiger charge is 2.70. The number of carbonyl (C=O) groups excluding carboxylic acids is 6. The summed E-state index contributed by atoms with van der Waals surface area (Å²) in [6.07, 6.45) is 3.04. The summed E-state index contributed by atoms with van der Waals surface area (Å²) in [6, 6.07) is -3.78. The molecule has 0 radical (unpaired) electrons. The number of nitrogens with zero attached hydrogens (tertiary/aromatic N) is 3. The average molecular weight is 632 g/mol. The molecule has 2 aliphatic carbocycles. The van der Waals surface area contributed by atoms with Crippen molar-refractivity contribution in [2.45, 2.75) is 98.3 Å². The Hall–Kier alpha value is -3.38. The first-order chi connectivity index (χ1) is 20.8. The number of primary amides is 1. The molecular formula is C32H53N7O6. The second-order valence-electron chi connectivity index (χ2n) is 15.6. The molecule has 13 nitrogen and oxygen atoms in total. The van der Waals surface area contributed by atoms with Crippen molar-refractivity contribution in [1.82, 2.24) is 30.7 Å². The van der Waals surface area contributed by atoms with E-state index in [2.05, 4.69) is 29.8 Å². The second kappa shape index (κ2) is 12.8. The standard InChI is InChI=1S/C32H53N7O6/c1-17(2)21(16-38-13-9-12-37(8)30(38)45)35-29(44)36-25(31(3,4)5)28(43)39-15-19-22(32(19,6)7)23(39)27(42)34-20(14-18-10-11-18)24(40)26(33)41/h17-23,25H,9-16H2,1-8H3,(H2,33,41)(H,34,42)(H2,35,36,44)/t19-,20?,21+,22-,23-,25+/m0/s1. The minimum atomic E-state index is -1.09. The van der Waals surface area contributed by atoms with Crippen LogP contribution in [0.3, 0.4) is 0 Å². The number of fused-ring (bicyclic) bond motifs is 1. The van der Waals surface area contributed by atoms with Crippen LogP contribution in [-0.4, -0.2) is 108 Å². The van der Waals surface area contributed by atoms with Crippen LogP contribution in [-0.2, 0) is 19.2 Å². The third kappa shape index (κ3) is 7.54. The zero-order chi connectivity index (χ0) is 33.6. The van der Waals surface area contributed by atoms with E-state index in [-0.39, 0.29) is 47.1 Å². The van der Waals surface area contributed by atoms with Gasteiger partial charge in [-0.15, -0.1) is 0 Å². The van der Waals surface area contributed by atoms with E-state index in [0.717, 1.165) is 19.3 Å². The van der Waals surface area contributed by atoms with Crippen molar-refractivity contribution in [3.05, 3.63) is 0 Å². The summed E-state index contributed by atoms with van der Waals surface area (Å²) < 4.78 is 0. The van der Waals surface area contributed by atoms with Gasteiger partial charge in [-0.3, -0.25) is 19.2 Å². The molecule has 4 fully saturated rings.